The van der Waals surface area contributed by atoms with Gasteiger partial charge in [0.25, 0.3) is 10.0 Å². The van der Waals surface area contributed by atoms with Crippen molar-refractivity contribution in [3.63, 3.8) is 0 Å². The molecule has 1 atom stereocenters. The third-order valence-electron chi connectivity index (χ3n) is 6.02. The number of sulfonamides is 1. The van der Waals surface area contributed by atoms with Crippen LogP contribution in [0.5, 0.6) is 0 Å². The summed E-state index contributed by atoms with van der Waals surface area (Å²) in [6.07, 6.45) is 0.367. The van der Waals surface area contributed by atoms with Crippen molar-refractivity contribution >= 4 is 39.1 Å². The van der Waals surface area contributed by atoms with Gasteiger partial charge in [0.05, 0.1) is 10.6 Å². The Morgan fingerprint density at radius 3 is 2.08 bits per heavy atom. The first-order valence-electron chi connectivity index (χ1n) is 12.5. The molecule has 0 spiro atoms. The molecule has 0 unspecified atom stereocenters. The molecule has 0 aliphatic heterocycles. The van der Waals surface area contributed by atoms with Crippen LogP contribution in [0, 0.1) is 6.92 Å². The van der Waals surface area contributed by atoms with E-state index in [-0.39, 0.29) is 23.4 Å². The van der Waals surface area contributed by atoms with E-state index >= 15 is 0 Å². The quantitative estimate of drug-likeness (QED) is 0.353. The number of nitrogens with one attached hydrogen (secondary N) is 1. The lowest BCUT2D eigenvalue weighted by Crippen LogP contribution is -2.53. The number of halogens is 1. The number of amides is 2. The van der Waals surface area contributed by atoms with Gasteiger partial charge in [-0.15, -0.1) is 0 Å². The molecule has 0 fully saturated rings. The number of anilines is 1. The van der Waals surface area contributed by atoms with Gasteiger partial charge in [0.2, 0.25) is 11.8 Å². The Morgan fingerprint density at radius 1 is 0.921 bits per heavy atom. The van der Waals surface area contributed by atoms with E-state index in [1.54, 1.807) is 24.3 Å². The largest absolute Gasteiger partial charge is 0.352 e. The van der Waals surface area contributed by atoms with Crippen LogP contribution in [0.2, 0.25) is 5.02 Å². The third-order valence-corrected chi connectivity index (χ3v) is 8.06. The molecule has 0 bridgehead atoms. The standard InChI is InChI=1S/C29H34ClN3O4S/c1-5-27(29(35)31-21(2)3)32(19-23-9-7-6-8-10-23)28(34)20-33(25-15-11-22(4)12-16-25)38(36,37)26-17-13-24(30)14-18-26/h6-18,21,27H,5,19-20H2,1-4H3,(H,31,35)/t27-/m1/s1. The van der Waals surface area contributed by atoms with Crippen molar-refractivity contribution in [2.24, 2.45) is 0 Å². The van der Waals surface area contributed by atoms with Crippen molar-refractivity contribution in [2.45, 2.75) is 57.6 Å². The molecule has 0 heterocycles. The first kappa shape index (κ1) is 29.2. The van der Waals surface area contributed by atoms with Crippen LogP contribution in [0.15, 0.2) is 83.8 Å². The molecule has 0 aromatic heterocycles. The molecule has 1 N–H and O–H groups in total. The van der Waals surface area contributed by atoms with Gasteiger partial charge in [-0.05, 0) is 69.2 Å². The molecular weight excluding hydrogens is 522 g/mol. The molecular formula is C29H34ClN3O4S. The number of benzene rings is 3. The third kappa shape index (κ3) is 7.36. The van der Waals surface area contributed by atoms with Crippen LogP contribution >= 0.6 is 11.6 Å². The average molecular weight is 556 g/mol. The summed E-state index contributed by atoms with van der Waals surface area (Å²) in [5, 5.41) is 3.29. The Balaban J connectivity index is 2.04. The molecule has 202 valence electrons. The van der Waals surface area contributed by atoms with Crippen molar-refractivity contribution in [1.29, 1.82) is 0 Å². The van der Waals surface area contributed by atoms with E-state index in [1.165, 1.54) is 29.2 Å². The smallest absolute Gasteiger partial charge is 0.264 e. The second kappa shape index (κ2) is 12.9. The second-order valence-corrected chi connectivity index (χ2v) is 11.7. The lowest BCUT2D eigenvalue weighted by atomic mass is 10.1. The highest BCUT2D eigenvalue weighted by atomic mass is 35.5. The summed E-state index contributed by atoms with van der Waals surface area (Å²) in [5.74, 6) is -0.771. The summed E-state index contributed by atoms with van der Waals surface area (Å²) in [6, 6.07) is 21.2. The molecule has 0 aliphatic carbocycles. The molecule has 3 rings (SSSR count). The lowest BCUT2D eigenvalue weighted by Gasteiger charge is -2.33. The highest BCUT2D eigenvalue weighted by Crippen LogP contribution is 2.26. The lowest BCUT2D eigenvalue weighted by molar-refractivity contribution is -0.140. The summed E-state index contributed by atoms with van der Waals surface area (Å²) >= 11 is 5.99. The predicted molar refractivity (Wildman–Crippen MR) is 152 cm³/mol. The van der Waals surface area contributed by atoms with Crippen LogP contribution in [0.3, 0.4) is 0 Å². The van der Waals surface area contributed by atoms with Gasteiger partial charge in [0.1, 0.15) is 12.6 Å². The van der Waals surface area contributed by atoms with Crippen LogP contribution in [-0.4, -0.2) is 43.8 Å². The Kier molecular flexibility index (Phi) is 9.94. The van der Waals surface area contributed by atoms with Crippen LogP contribution < -0.4 is 9.62 Å². The normalized spacial score (nSPS) is 12.2. The molecule has 7 nitrogen and oxygen atoms in total. The minimum absolute atomic E-state index is 0.00877. The minimum atomic E-state index is -4.13. The Hall–Kier alpha value is -3.36. The fourth-order valence-electron chi connectivity index (χ4n) is 4.05. The number of carbonyl (C=O) groups is 2. The van der Waals surface area contributed by atoms with Crippen molar-refractivity contribution in [2.75, 3.05) is 10.8 Å². The van der Waals surface area contributed by atoms with Crippen molar-refractivity contribution in [3.8, 4) is 0 Å². The van der Waals surface area contributed by atoms with Crippen LogP contribution in [0.25, 0.3) is 0 Å². The van der Waals surface area contributed by atoms with Crippen molar-refractivity contribution < 1.29 is 18.0 Å². The van der Waals surface area contributed by atoms with E-state index in [0.717, 1.165) is 15.4 Å². The molecule has 0 saturated heterocycles. The van der Waals surface area contributed by atoms with Gasteiger partial charge in [0, 0.05) is 17.6 Å². The number of carbonyl (C=O) groups excluding carboxylic acids is 2. The van der Waals surface area contributed by atoms with Gasteiger partial charge >= 0.3 is 0 Å². The molecule has 3 aromatic carbocycles. The van der Waals surface area contributed by atoms with E-state index in [4.69, 9.17) is 11.6 Å². The zero-order chi connectivity index (χ0) is 27.9. The Morgan fingerprint density at radius 2 is 1.53 bits per heavy atom. The molecule has 38 heavy (non-hydrogen) atoms. The van der Waals surface area contributed by atoms with Crippen molar-refractivity contribution in [3.05, 3.63) is 95.0 Å². The van der Waals surface area contributed by atoms with Gasteiger partial charge < -0.3 is 10.2 Å². The molecule has 2 amide bonds. The summed E-state index contributed by atoms with van der Waals surface area (Å²) in [4.78, 5) is 28.5. The first-order chi connectivity index (χ1) is 18.0. The zero-order valence-electron chi connectivity index (χ0n) is 22.1. The Bertz CT molecular complexity index is 1330. The van der Waals surface area contributed by atoms with Gasteiger partial charge in [-0.3, -0.25) is 13.9 Å². The van der Waals surface area contributed by atoms with Crippen LogP contribution in [-0.2, 0) is 26.2 Å². The van der Waals surface area contributed by atoms with E-state index in [1.807, 2.05) is 58.0 Å². The maximum Gasteiger partial charge on any atom is 0.264 e. The highest BCUT2D eigenvalue weighted by Gasteiger charge is 2.33. The van der Waals surface area contributed by atoms with E-state index in [2.05, 4.69) is 5.32 Å². The van der Waals surface area contributed by atoms with E-state index in [0.29, 0.717) is 17.1 Å². The van der Waals surface area contributed by atoms with Crippen LogP contribution in [0.4, 0.5) is 5.69 Å². The van der Waals surface area contributed by atoms with E-state index in [9.17, 15) is 18.0 Å². The summed E-state index contributed by atoms with van der Waals surface area (Å²) in [6.45, 7) is 7.11. The summed E-state index contributed by atoms with van der Waals surface area (Å²) < 4.78 is 28.7. The number of hydrogen-bond donors (Lipinski definition) is 1. The molecule has 0 radical (unpaired) electrons. The van der Waals surface area contributed by atoms with Gasteiger partial charge in [-0.2, -0.15) is 0 Å². The molecule has 3 aromatic rings. The second-order valence-electron chi connectivity index (χ2n) is 9.40. The van der Waals surface area contributed by atoms with E-state index < -0.39 is 28.5 Å². The van der Waals surface area contributed by atoms with Gasteiger partial charge in [0.15, 0.2) is 0 Å². The fraction of sp³-hybridized carbons (Fsp3) is 0.310. The van der Waals surface area contributed by atoms with Crippen molar-refractivity contribution in [1.82, 2.24) is 10.2 Å². The first-order valence-corrected chi connectivity index (χ1v) is 14.3. The fourth-order valence-corrected chi connectivity index (χ4v) is 5.59. The average Bonchev–Trinajstić information content (AvgIpc) is 2.88. The Labute approximate surface area is 230 Å². The molecule has 0 saturated carbocycles. The number of aryl methyl sites for hydroxylation is 1. The maximum absolute atomic E-state index is 13.9. The van der Waals surface area contributed by atoms with Gasteiger partial charge in [-0.25, -0.2) is 8.42 Å². The minimum Gasteiger partial charge on any atom is -0.352 e. The topological polar surface area (TPSA) is 86.8 Å². The predicted octanol–water partition coefficient (Wildman–Crippen LogP) is 5.18. The summed E-state index contributed by atoms with van der Waals surface area (Å²) in [5.41, 5.74) is 2.13. The van der Waals surface area contributed by atoms with Gasteiger partial charge in [-0.1, -0.05) is 66.6 Å². The zero-order valence-corrected chi connectivity index (χ0v) is 23.7. The number of rotatable bonds is 11. The number of hydrogen-bond acceptors (Lipinski definition) is 4. The summed E-state index contributed by atoms with van der Waals surface area (Å²) in [7, 11) is -4.13. The van der Waals surface area contributed by atoms with Crippen LogP contribution in [0.1, 0.15) is 38.3 Å². The highest BCUT2D eigenvalue weighted by molar-refractivity contribution is 7.92. The molecule has 9 heteroatoms. The SMILES string of the molecule is CC[C@H](C(=O)NC(C)C)N(Cc1ccccc1)C(=O)CN(c1ccc(C)cc1)S(=O)(=O)c1ccc(Cl)cc1. The maximum atomic E-state index is 13.9. The molecule has 0 aliphatic rings. The monoisotopic (exact) mass is 555 g/mol. The number of nitrogens with zero attached hydrogens (tertiary/aromatic N) is 2.